The smallest absolute Gasteiger partial charge is 0.184 e. The molecule has 0 aliphatic carbocycles. The second kappa shape index (κ2) is 3.82. The summed E-state index contributed by atoms with van der Waals surface area (Å²) in [6.45, 7) is 1.42. The van der Waals surface area contributed by atoms with Gasteiger partial charge in [-0.25, -0.2) is 9.98 Å². The highest BCUT2D eigenvalue weighted by Gasteiger charge is 2.24. The topological polar surface area (TPSA) is 62.0 Å². The van der Waals surface area contributed by atoms with Crippen LogP contribution in [0.25, 0.3) is 0 Å². The van der Waals surface area contributed by atoms with E-state index < -0.39 is 12.1 Å². The average molecular weight is 186 g/mol. The predicted molar refractivity (Wildman–Crippen MR) is 49.6 cm³/mol. The number of rotatable bonds is 1. The minimum absolute atomic E-state index is 0.116. The molecule has 1 aliphatic rings. The number of aliphatic hydroxyl groups excluding tert-OH is 1. The number of amidine groups is 1. The summed E-state index contributed by atoms with van der Waals surface area (Å²) in [5.74, 6) is -0.684. The van der Waals surface area contributed by atoms with E-state index in [-0.39, 0.29) is 5.78 Å². The molecule has 0 radical (unpaired) electrons. The van der Waals surface area contributed by atoms with Gasteiger partial charge in [0.15, 0.2) is 11.4 Å². The summed E-state index contributed by atoms with van der Waals surface area (Å²) in [4.78, 5) is 18.6. The van der Waals surface area contributed by atoms with Gasteiger partial charge < -0.3 is 5.11 Å². The lowest BCUT2D eigenvalue weighted by Gasteiger charge is -2.16. The zero-order valence-electron chi connectivity index (χ0n) is 6.89. The van der Waals surface area contributed by atoms with E-state index in [2.05, 4.69) is 9.98 Å². The van der Waals surface area contributed by atoms with Crippen LogP contribution < -0.4 is 0 Å². The van der Waals surface area contributed by atoms with Gasteiger partial charge in [-0.2, -0.15) is 0 Å². The molecule has 66 valence electrons. The summed E-state index contributed by atoms with van der Waals surface area (Å²) in [6.07, 6.45) is 2.31. The second-order valence-electron chi connectivity index (χ2n) is 2.44. The molecule has 1 heterocycles. The molecule has 0 bridgehead atoms. The molecule has 0 amide bonds. The van der Waals surface area contributed by atoms with Crippen LogP contribution in [-0.2, 0) is 4.79 Å². The van der Waals surface area contributed by atoms with Crippen molar-refractivity contribution in [2.45, 2.75) is 13.2 Å². The van der Waals surface area contributed by atoms with Gasteiger partial charge in [0.1, 0.15) is 5.78 Å². The molecular weight excluding hydrogens is 176 g/mol. The van der Waals surface area contributed by atoms with E-state index in [0.29, 0.717) is 5.17 Å². The van der Waals surface area contributed by atoms with E-state index in [0.717, 1.165) is 0 Å². The van der Waals surface area contributed by atoms with Gasteiger partial charge in [0.25, 0.3) is 0 Å². The van der Waals surface area contributed by atoms with Crippen molar-refractivity contribution < 1.29 is 9.90 Å². The zero-order chi connectivity index (χ0) is 9.14. The quantitative estimate of drug-likeness (QED) is 0.641. The van der Waals surface area contributed by atoms with Crippen molar-refractivity contribution in [3.63, 3.8) is 0 Å². The summed E-state index contributed by atoms with van der Waals surface area (Å²) in [6, 6.07) is 0. The Morgan fingerprint density at radius 2 is 2.42 bits per heavy atom. The first-order valence-corrected chi connectivity index (χ1v) is 4.72. The van der Waals surface area contributed by atoms with Crippen LogP contribution in [0.3, 0.4) is 0 Å². The van der Waals surface area contributed by atoms with Crippen molar-refractivity contribution >= 4 is 28.9 Å². The van der Waals surface area contributed by atoms with E-state index in [4.69, 9.17) is 0 Å². The number of aliphatic imine (C=N–C) groups is 2. The molecule has 0 saturated heterocycles. The number of ketones is 1. The highest BCUT2D eigenvalue weighted by atomic mass is 32.2. The Morgan fingerprint density at radius 1 is 1.75 bits per heavy atom. The number of Topliss-reactive ketones (excluding diaryl/α,β-unsaturated/α-hetero) is 1. The summed E-state index contributed by atoms with van der Waals surface area (Å²) in [7, 11) is 0. The van der Waals surface area contributed by atoms with Gasteiger partial charge in [-0.15, -0.1) is 0 Å². The second-order valence-corrected chi connectivity index (χ2v) is 3.22. The molecule has 0 aromatic carbocycles. The first kappa shape index (κ1) is 9.41. The first-order chi connectivity index (χ1) is 5.65. The summed E-state index contributed by atoms with van der Waals surface area (Å²) in [5, 5.41) is 9.84. The minimum Gasteiger partial charge on any atom is -0.371 e. The van der Waals surface area contributed by atoms with E-state index in [1.807, 2.05) is 6.26 Å². The van der Waals surface area contributed by atoms with E-state index in [1.165, 1.54) is 24.9 Å². The van der Waals surface area contributed by atoms with Gasteiger partial charge in [-0.05, 0) is 13.2 Å². The van der Waals surface area contributed by atoms with Crippen molar-refractivity contribution in [2.75, 3.05) is 6.26 Å². The Kier molecular flexibility index (Phi) is 2.99. The van der Waals surface area contributed by atoms with Gasteiger partial charge in [0.05, 0.1) is 5.92 Å². The van der Waals surface area contributed by atoms with Gasteiger partial charge in [0.2, 0.25) is 0 Å². The fourth-order valence-corrected chi connectivity index (χ4v) is 1.25. The third-order valence-corrected chi connectivity index (χ3v) is 2.14. The Balaban J connectivity index is 2.74. The Hall–Kier alpha value is -0.680. The minimum atomic E-state index is -0.956. The average Bonchev–Trinajstić information content (AvgIpc) is 2.03. The van der Waals surface area contributed by atoms with Gasteiger partial charge in [0, 0.05) is 6.21 Å². The molecule has 5 heteroatoms. The first-order valence-electron chi connectivity index (χ1n) is 3.49. The molecule has 1 N–H and O–H groups in total. The predicted octanol–water partition coefficient (Wildman–Crippen LogP) is 0.313. The number of hydrogen-bond acceptors (Lipinski definition) is 5. The third kappa shape index (κ3) is 1.92. The van der Waals surface area contributed by atoms with Crippen LogP contribution in [0.5, 0.6) is 0 Å². The Labute approximate surface area is 74.8 Å². The maximum absolute atomic E-state index is 10.9. The molecular formula is C7H10N2O2S. The fraction of sp³-hybridized carbons (Fsp3) is 0.571. The van der Waals surface area contributed by atoms with Crippen LogP contribution in [-0.4, -0.2) is 34.8 Å². The van der Waals surface area contributed by atoms with Crippen LogP contribution in [0.4, 0.5) is 0 Å². The van der Waals surface area contributed by atoms with Crippen LogP contribution in [0, 0.1) is 5.92 Å². The van der Waals surface area contributed by atoms with Crippen molar-refractivity contribution in [1.82, 2.24) is 0 Å². The van der Waals surface area contributed by atoms with Gasteiger partial charge in [-0.1, -0.05) is 11.8 Å². The van der Waals surface area contributed by atoms with Crippen molar-refractivity contribution in [2.24, 2.45) is 15.9 Å². The van der Waals surface area contributed by atoms with Crippen LogP contribution >= 0.6 is 11.8 Å². The maximum Gasteiger partial charge on any atom is 0.184 e. The lowest BCUT2D eigenvalue weighted by Crippen LogP contribution is -2.29. The molecule has 0 spiro atoms. The number of carbonyl (C=O) groups is 1. The van der Waals surface area contributed by atoms with Crippen LogP contribution in [0.1, 0.15) is 6.92 Å². The number of carbonyl (C=O) groups excluding carboxylic acids is 1. The van der Waals surface area contributed by atoms with E-state index in [1.54, 1.807) is 0 Å². The standard InChI is InChI=1S/C7H10N2O2S/c1-4(10)5-3-8-7(12-2)9-6(5)11/h3,5-6,11H,1-2H3. The summed E-state index contributed by atoms with van der Waals surface area (Å²) < 4.78 is 0. The van der Waals surface area contributed by atoms with E-state index in [9.17, 15) is 9.90 Å². The Morgan fingerprint density at radius 3 is 2.83 bits per heavy atom. The molecule has 0 saturated carbocycles. The van der Waals surface area contributed by atoms with Crippen LogP contribution in [0.15, 0.2) is 9.98 Å². The summed E-state index contributed by atoms with van der Waals surface area (Å²) >= 11 is 1.34. The maximum atomic E-state index is 10.9. The molecule has 2 atom stereocenters. The molecule has 1 rings (SSSR count). The fourth-order valence-electron chi connectivity index (χ4n) is 0.868. The lowest BCUT2D eigenvalue weighted by atomic mass is 10.1. The molecule has 4 nitrogen and oxygen atoms in total. The Bertz CT molecular complexity index is 250. The molecule has 0 aromatic heterocycles. The van der Waals surface area contributed by atoms with E-state index >= 15 is 0 Å². The van der Waals surface area contributed by atoms with Gasteiger partial charge >= 0.3 is 0 Å². The highest BCUT2D eigenvalue weighted by Crippen LogP contribution is 2.13. The number of thioether (sulfide) groups is 1. The molecule has 1 aliphatic heterocycles. The largest absolute Gasteiger partial charge is 0.371 e. The van der Waals surface area contributed by atoms with Crippen LogP contribution in [0.2, 0.25) is 0 Å². The summed E-state index contributed by atoms with van der Waals surface area (Å²) in [5.41, 5.74) is 0. The molecule has 0 fully saturated rings. The highest BCUT2D eigenvalue weighted by molar-refractivity contribution is 8.13. The number of aliphatic hydroxyl groups is 1. The zero-order valence-corrected chi connectivity index (χ0v) is 7.71. The van der Waals surface area contributed by atoms with Crippen molar-refractivity contribution in [3.8, 4) is 0 Å². The van der Waals surface area contributed by atoms with Gasteiger partial charge in [-0.3, -0.25) is 4.79 Å². The molecule has 2 unspecified atom stereocenters. The third-order valence-electron chi connectivity index (χ3n) is 1.56. The lowest BCUT2D eigenvalue weighted by molar-refractivity contribution is -0.121. The monoisotopic (exact) mass is 186 g/mol. The number of nitrogens with zero attached hydrogens (tertiary/aromatic N) is 2. The molecule has 0 aromatic rings. The van der Waals surface area contributed by atoms with Crippen molar-refractivity contribution in [3.05, 3.63) is 0 Å². The van der Waals surface area contributed by atoms with Crippen molar-refractivity contribution in [1.29, 1.82) is 0 Å². The SMILES string of the molecule is CSC1=NC(O)C(C(C)=O)C=N1. The normalized spacial score (nSPS) is 28.4. The number of hydrogen-bond donors (Lipinski definition) is 1. The molecule has 12 heavy (non-hydrogen) atoms.